The fraction of sp³-hybridized carbons (Fsp3) is 0. The fourth-order valence-corrected chi connectivity index (χ4v) is 4.54. The van der Waals surface area contributed by atoms with Crippen LogP contribution in [-0.2, 0) is 10.0 Å². The predicted octanol–water partition coefficient (Wildman–Crippen LogP) is 4.42. The van der Waals surface area contributed by atoms with E-state index in [0.29, 0.717) is 16.8 Å². The molecule has 0 bridgehead atoms. The first-order chi connectivity index (χ1) is 17.3. The third-order valence-corrected chi connectivity index (χ3v) is 6.65. The minimum Gasteiger partial charge on any atom is -0.478 e. The third kappa shape index (κ3) is 5.31. The number of rotatable bonds is 7. The van der Waals surface area contributed by atoms with Crippen molar-refractivity contribution in [2.45, 2.75) is 4.90 Å². The van der Waals surface area contributed by atoms with Gasteiger partial charge in [-0.05, 0) is 59.7 Å². The van der Waals surface area contributed by atoms with Gasteiger partial charge in [0.1, 0.15) is 0 Å². The maximum atomic E-state index is 13.0. The van der Waals surface area contributed by atoms with Gasteiger partial charge in [-0.25, -0.2) is 17.9 Å². The molecule has 0 saturated carbocycles. The maximum absolute atomic E-state index is 13.0. The van der Waals surface area contributed by atoms with Crippen molar-refractivity contribution < 1.29 is 27.9 Å². The van der Waals surface area contributed by atoms with Crippen LogP contribution >= 0.6 is 0 Å². The minimum absolute atomic E-state index is 0.0601. The van der Waals surface area contributed by atoms with Crippen molar-refractivity contribution in [1.82, 2.24) is 4.72 Å². The summed E-state index contributed by atoms with van der Waals surface area (Å²) in [6.07, 6.45) is 0. The fourth-order valence-electron chi connectivity index (χ4n) is 3.57. The van der Waals surface area contributed by atoms with Crippen LogP contribution in [0.3, 0.4) is 0 Å². The zero-order valence-corrected chi connectivity index (χ0v) is 19.5. The van der Waals surface area contributed by atoms with Crippen molar-refractivity contribution in [1.29, 1.82) is 0 Å². The second-order valence-corrected chi connectivity index (χ2v) is 9.36. The smallest absolute Gasteiger partial charge is 0.336 e. The maximum Gasteiger partial charge on any atom is 0.336 e. The van der Waals surface area contributed by atoms with Gasteiger partial charge in [0.15, 0.2) is 0 Å². The van der Waals surface area contributed by atoms with Gasteiger partial charge in [-0.1, -0.05) is 54.6 Å². The Labute approximate surface area is 207 Å². The standard InChI is InChI=1S/C27H20N2O6S/c30-25(18-8-2-1-3-9-18)29-36(34,35)20-16-14-19(15-17-20)28-26(31)23-12-6-4-10-21(23)22-11-5-7-13-24(22)27(32)33/h1-17H,(H,28,31)(H,29,30)(H,32,33). The molecule has 0 atom stereocenters. The largest absolute Gasteiger partial charge is 0.478 e. The molecular formula is C27H20N2O6S. The minimum atomic E-state index is -4.13. The van der Waals surface area contributed by atoms with E-state index in [1.807, 2.05) is 4.72 Å². The van der Waals surface area contributed by atoms with E-state index < -0.39 is 27.8 Å². The van der Waals surface area contributed by atoms with Crippen LogP contribution in [0.15, 0.2) is 108 Å². The lowest BCUT2D eigenvalue weighted by atomic mass is 9.95. The van der Waals surface area contributed by atoms with E-state index in [4.69, 9.17) is 0 Å². The number of carbonyl (C=O) groups excluding carboxylic acids is 2. The molecule has 36 heavy (non-hydrogen) atoms. The van der Waals surface area contributed by atoms with Crippen molar-refractivity contribution >= 4 is 33.5 Å². The zero-order valence-electron chi connectivity index (χ0n) is 18.7. The van der Waals surface area contributed by atoms with Crippen LogP contribution < -0.4 is 10.0 Å². The van der Waals surface area contributed by atoms with E-state index in [-0.39, 0.29) is 21.6 Å². The van der Waals surface area contributed by atoms with Gasteiger partial charge >= 0.3 is 5.97 Å². The number of carboxylic acid groups (broad SMARTS) is 1. The highest BCUT2D eigenvalue weighted by atomic mass is 32.2. The molecule has 2 amide bonds. The van der Waals surface area contributed by atoms with E-state index >= 15 is 0 Å². The molecule has 0 aliphatic heterocycles. The Bertz CT molecular complexity index is 1550. The monoisotopic (exact) mass is 500 g/mol. The highest BCUT2D eigenvalue weighted by Crippen LogP contribution is 2.28. The second kappa shape index (κ2) is 10.2. The summed E-state index contributed by atoms with van der Waals surface area (Å²) in [5.74, 6) is -2.37. The summed E-state index contributed by atoms with van der Waals surface area (Å²) in [5, 5.41) is 12.2. The molecule has 8 nitrogen and oxygen atoms in total. The average Bonchev–Trinajstić information content (AvgIpc) is 2.89. The molecule has 0 aromatic heterocycles. The second-order valence-electron chi connectivity index (χ2n) is 7.68. The topological polar surface area (TPSA) is 130 Å². The van der Waals surface area contributed by atoms with Crippen molar-refractivity contribution in [3.8, 4) is 11.1 Å². The van der Waals surface area contributed by atoms with Crippen molar-refractivity contribution in [2.24, 2.45) is 0 Å². The number of aromatic carboxylic acids is 1. The summed E-state index contributed by atoms with van der Waals surface area (Å²) in [7, 11) is -4.13. The molecule has 0 heterocycles. The van der Waals surface area contributed by atoms with Gasteiger partial charge in [-0.15, -0.1) is 0 Å². The van der Waals surface area contributed by atoms with Gasteiger partial charge in [0, 0.05) is 16.8 Å². The summed E-state index contributed by atoms with van der Waals surface area (Å²) < 4.78 is 27.2. The number of anilines is 1. The number of amides is 2. The third-order valence-electron chi connectivity index (χ3n) is 5.30. The molecule has 0 radical (unpaired) electrons. The van der Waals surface area contributed by atoms with E-state index in [1.54, 1.807) is 60.7 Å². The number of benzene rings is 4. The Morgan fingerprint density at radius 1 is 0.611 bits per heavy atom. The number of hydrogen-bond acceptors (Lipinski definition) is 5. The van der Waals surface area contributed by atoms with Crippen LogP contribution in [0.25, 0.3) is 11.1 Å². The van der Waals surface area contributed by atoms with Crippen LogP contribution in [0.4, 0.5) is 5.69 Å². The van der Waals surface area contributed by atoms with E-state index in [2.05, 4.69) is 5.32 Å². The Morgan fingerprint density at radius 3 is 1.75 bits per heavy atom. The highest BCUT2D eigenvalue weighted by molar-refractivity contribution is 7.90. The molecule has 180 valence electrons. The van der Waals surface area contributed by atoms with Crippen LogP contribution in [0.2, 0.25) is 0 Å². The first-order valence-corrected chi connectivity index (χ1v) is 12.2. The molecule has 4 aromatic carbocycles. The first kappa shape index (κ1) is 24.4. The van der Waals surface area contributed by atoms with Crippen LogP contribution in [0.5, 0.6) is 0 Å². The molecule has 0 spiro atoms. The van der Waals surface area contributed by atoms with Crippen LogP contribution in [0.1, 0.15) is 31.1 Å². The summed E-state index contributed by atoms with van der Waals surface area (Å²) >= 11 is 0. The van der Waals surface area contributed by atoms with Gasteiger partial charge < -0.3 is 10.4 Å². The Balaban J connectivity index is 1.54. The molecule has 0 aliphatic rings. The Hall–Kier alpha value is -4.76. The number of sulfonamides is 1. The number of hydrogen-bond donors (Lipinski definition) is 3. The predicted molar refractivity (Wildman–Crippen MR) is 134 cm³/mol. The quantitative estimate of drug-likeness (QED) is 0.344. The van der Waals surface area contributed by atoms with Gasteiger partial charge in [0.25, 0.3) is 21.8 Å². The Morgan fingerprint density at radius 2 is 1.14 bits per heavy atom. The van der Waals surface area contributed by atoms with E-state index in [1.165, 1.54) is 42.5 Å². The molecular weight excluding hydrogens is 480 g/mol. The lowest BCUT2D eigenvalue weighted by Gasteiger charge is -2.13. The molecule has 4 rings (SSSR count). The lowest BCUT2D eigenvalue weighted by molar-refractivity contribution is 0.0697. The average molecular weight is 501 g/mol. The van der Waals surface area contributed by atoms with Crippen LogP contribution in [-0.4, -0.2) is 31.3 Å². The molecule has 9 heteroatoms. The SMILES string of the molecule is O=C(NS(=O)(=O)c1ccc(NC(=O)c2ccccc2-c2ccccc2C(=O)O)cc1)c1ccccc1. The van der Waals surface area contributed by atoms with Crippen LogP contribution in [0, 0.1) is 0 Å². The number of nitrogens with one attached hydrogen (secondary N) is 2. The molecule has 0 saturated heterocycles. The zero-order chi connectivity index (χ0) is 25.7. The highest BCUT2D eigenvalue weighted by Gasteiger charge is 2.20. The van der Waals surface area contributed by atoms with Crippen molar-refractivity contribution in [2.75, 3.05) is 5.32 Å². The summed E-state index contributed by atoms with van der Waals surface area (Å²) in [6.45, 7) is 0. The molecule has 0 aliphatic carbocycles. The summed E-state index contributed by atoms with van der Waals surface area (Å²) in [4.78, 5) is 36.8. The van der Waals surface area contributed by atoms with Gasteiger partial charge in [0.05, 0.1) is 10.5 Å². The molecule has 0 unspecified atom stereocenters. The molecule has 4 aromatic rings. The van der Waals surface area contributed by atoms with Crippen molar-refractivity contribution in [3.05, 3.63) is 120 Å². The molecule has 0 fully saturated rings. The van der Waals surface area contributed by atoms with Gasteiger partial charge in [0.2, 0.25) is 0 Å². The Kier molecular flexibility index (Phi) is 6.93. The van der Waals surface area contributed by atoms with Gasteiger partial charge in [-0.2, -0.15) is 0 Å². The number of carbonyl (C=O) groups is 3. The molecule has 3 N–H and O–H groups in total. The summed E-state index contributed by atoms with van der Waals surface area (Å²) in [6, 6.07) is 26.2. The van der Waals surface area contributed by atoms with Gasteiger partial charge in [-0.3, -0.25) is 9.59 Å². The van der Waals surface area contributed by atoms with Crippen molar-refractivity contribution in [3.63, 3.8) is 0 Å². The number of carboxylic acids is 1. The lowest BCUT2D eigenvalue weighted by Crippen LogP contribution is -2.30. The summed E-state index contributed by atoms with van der Waals surface area (Å²) in [5.41, 5.74) is 1.66. The first-order valence-electron chi connectivity index (χ1n) is 10.7. The normalized spacial score (nSPS) is 10.9. The van der Waals surface area contributed by atoms with E-state index in [0.717, 1.165) is 0 Å². The van der Waals surface area contributed by atoms with E-state index in [9.17, 15) is 27.9 Å².